The van der Waals surface area contributed by atoms with Gasteiger partial charge in [0, 0.05) is 0 Å². The van der Waals surface area contributed by atoms with Gasteiger partial charge in [0.05, 0.1) is 39.6 Å². The molecule has 1 amide bonds. The summed E-state index contributed by atoms with van der Waals surface area (Å²) < 4.78 is 45.0. The molecule has 4 aromatic rings. The van der Waals surface area contributed by atoms with E-state index in [1.165, 1.54) is 0 Å². The molecular formula is C48H55NO10. The van der Waals surface area contributed by atoms with Gasteiger partial charge in [0.15, 0.2) is 11.8 Å². The zero-order valence-corrected chi connectivity index (χ0v) is 34.4. The number of ether oxygens (including phenoxy) is 7. The van der Waals surface area contributed by atoms with Gasteiger partial charge >= 0.3 is 6.09 Å². The van der Waals surface area contributed by atoms with Gasteiger partial charge in [-0.2, -0.15) is 0 Å². The van der Waals surface area contributed by atoms with E-state index in [0.29, 0.717) is 12.9 Å². The van der Waals surface area contributed by atoms with Crippen molar-refractivity contribution in [3.63, 3.8) is 0 Å². The van der Waals surface area contributed by atoms with Crippen molar-refractivity contribution in [1.29, 1.82) is 0 Å². The Balaban J connectivity index is 1.38. The van der Waals surface area contributed by atoms with Gasteiger partial charge in [-0.05, 0) is 56.9 Å². The molecular weight excluding hydrogens is 751 g/mol. The number of hydrogen-bond acceptors (Lipinski definition) is 10. The Kier molecular flexibility index (Phi) is 14.7. The molecule has 0 radical (unpaired) electrons. The normalized spacial score (nSPS) is 24.4. The summed E-state index contributed by atoms with van der Waals surface area (Å²) in [6, 6.07) is 39.1. The molecule has 2 aliphatic heterocycles. The van der Waals surface area contributed by atoms with Crippen LogP contribution in [0, 0.1) is 11.8 Å². The predicted octanol–water partition coefficient (Wildman–Crippen LogP) is 7.03. The summed E-state index contributed by atoms with van der Waals surface area (Å²) in [5.74, 6) is 5.98. The number of aldehydes is 1. The van der Waals surface area contributed by atoms with E-state index >= 15 is 0 Å². The SMILES string of the molecule is CC(C)(C)OC(=O)N1C(C)(C)OC[C@]1(C=O)C(O)C#C[C@H]1O[C@H](COCc2ccccc2)[C@@H](OCc2ccccc2)[C@H](OCc2ccccc2)[C@H]1OCc1ccccc1. The molecule has 0 aromatic heterocycles. The standard InChI is InChI=1S/C48H55NO10/c1-46(2,3)59-45(52)49-47(4,5)57-34-48(49,33-50)41(51)27-26-39-42(54-29-36-20-12-7-13-21-36)44(56-31-38-24-16-9-17-25-38)43(55-30-37-22-14-8-15-23-37)40(58-39)32-53-28-35-18-10-6-11-19-35/h6-25,33,39-44,51H,28-32,34H2,1-5H3/t39-,40-,41?,42+,43-,44-,48-/m1/s1. The van der Waals surface area contributed by atoms with Crippen LogP contribution in [-0.2, 0) is 64.4 Å². The maximum atomic E-state index is 13.6. The Morgan fingerprint density at radius 3 is 1.69 bits per heavy atom. The number of carbonyl (C=O) groups excluding carboxylic acids is 2. The molecule has 2 aliphatic rings. The highest BCUT2D eigenvalue weighted by molar-refractivity contribution is 5.80. The van der Waals surface area contributed by atoms with E-state index < -0.39 is 59.6 Å². The van der Waals surface area contributed by atoms with Gasteiger partial charge in [-0.3, -0.25) is 4.90 Å². The highest BCUT2D eigenvalue weighted by Gasteiger charge is 2.59. The molecule has 59 heavy (non-hydrogen) atoms. The topological polar surface area (TPSA) is 122 Å². The molecule has 2 saturated heterocycles. The van der Waals surface area contributed by atoms with Crippen molar-refractivity contribution < 1.29 is 47.9 Å². The zero-order chi connectivity index (χ0) is 41.9. The first kappa shape index (κ1) is 43.7. The van der Waals surface area contributed by atoms with Crippen LogP contribution in [0.3, 0.4) is 0 Å². The largest absolute Gasteiger partial charge is 0.444 e. The number of aliphatic hydroxyl groups is 1. The lowest BCUT2D eigenvalue weighted by molar-refractivity contribution is -0.261. The number of rotatable bonds is 15. The molecule has 0 spiro atoms. The van der Waals surface area contributed by atoms with Gasteiger partial charge in [0.2, 0.25) is 0 Å². The van der Waals surface area contributed by atoms with Crippen molar-refractivity contribution in [3.05, 3.63) is 144 Å². The summed E-state index contributed by atoms with van der Waals surface area (Å²) in [6.07, 6.45) is -6.11. The molecule has 7 atom stereocenters. The molecule has 11 nitrogen and oxygen atoms in total. The summed E-state index contributed by atoms with van der Waals surface area (Å²) in [5.41, 5.74) is -0.273. The van der Waals surface area contributed by atoms with E-state index in [1.54, 1.807) is 34.6 Å². The number of carbonyl (C=O) groups is 2. The minimum atomic E-state index is -1.89. The summed E-state index contributed by atoms with van der Waals surface area (Å²) >= 11 is 0. The van der Waals surface area contributed by atoms with Crippen LogP contribution >= 0.6 is 0 Å². The van der Waals surface area contributed by atoms with Gasteiger partial charge in [0.25, 0.3) is 0 Å². The number of aliphatic hydroxyl groups excluding tert-OH is 1. The zero-order valence-electron chi connectivity index (χ0n) is 34.4. The van der Waals surface area contributed by atoms with Crippen molar-refractivity contribution in [3.8, 4) is 11.8 Å². The van der Waals surface area contributed by atoms with Crippen molar-refractivity contribution in [1.82, 2.24) is 4.90 Å². The van der Waals surface area contributed by atoms with Crippen molar-refractivity contribution in [2.75, 3.05) is 13.2 Å². The lowest BCUT2D eigenvalue weighted by Crippen LogP contribution is -2.63. The van der Waals surface area contributed by atoms with Gasteiger partial charge < -0.3 is 43.1 Å². The van der Waals surface area contributed by atoms with Gasteiger partial charge in [-0.25, -0.2) is 4.79 Å². The molecule has 2 heterocycles. The maximum Gasteiger partial charge on any atom is 0.413 e. The lowest BCUT2D eigenvalue weighted by atomic mass is 9.91. The van der Waals surface area contributed by atoms with E-state index in [2.05, 4.69) is 11.8 Å². The molecule has 6 rings (SSSR count). The van der Waals surface area contributed by atoms with Crippen LogP contribution in [0.4, 0.5) is 4.79 Å². The fourth-order valence-corrected chi connectivity index (χ4v) is 7.16. The van der Waals surface area contributed by atoms with Crippen LogP contribution in [0.25, 0.3) is 0 Å². The van der Waals surface area contributed by atoms with Crippen LogP contribution in [0.15, 0.2) is 121 Å². The number of hydrogen-bond donors (Lipinski definition) is 1. The number of benzene rings is 4. The summed E-state index contributed by atoms with van der Waals surface area (Å²) in [4.78, 5) is 27.8. The Labute approximate surface area is 347 Å². The molecule has 0 saturated carbocycles. The van der Waals surface area contributed by atoms with Crippen LogP contribution in [0.1, 0.15) is 56.9 Å². The van der Waals surface area contributed by atoms with E-state index in [9.17, 15) is 14.7 Å². The van der Waals surface area contributed by atoms with E-state index in [-0.39, 0.29) is 33.0 Å². The third kappa shape index (κ3) is 11.4. The second-order valence-electron chi connectivity index (χ2n) is 16.2. The fraction of sp³-hybridized carbons (Fsp3) is 0.417. The second-order valence-corrected chi connectivity index (χ2v) is 16.2. The monoisotopic (exact) mass is 805 g/mol. The van der Waals surface area contributed by atoms with Gasteiger partial charge in [0.1, 0.15) is 47.9 Å². The highest BCUT2D eigenvalue weighted by Crippen LogP contribution is 2.38. The Morgan fingerprint density at radius 2 is 1.22 bits per heavy atom. The molecule has 0 aliphatic carbocycles. The van der Waals surface area contributed by atoms with Crippen LogP contribution in [0.5, 0.6) is 0 Å². The quantitative estimate of drug-likeness (QED) is 0.0991. The first-order chi connectivity index (χ1) is 28.4. The average Bonchev–Trinajstić information content (AvgIpc) is 3.53. The van der Waals surface area contributed by atoms with E-state index in [1.807, 2.05) is 121 Å². The van der Waals surface area contributed by atoms with Crippen LogP contribution in [-0.4, -0.2) is 89.1 Å². The average molecular weight is 806 g/mol. The summed E-state index contributed by atoms with van der Waals surface area (Å²) in [5, 5.41) is 11.9. The number of nitrogens with zero attached hydrogens (tertiary/aromatic N) is 1. The molecule has 4 aromatic carbocycles. The Hall–Kier alpha value is -4.90. The Bertz CT molecular complexity index is 1980. The third-order valence-corrected chi connectivity index (χ3v) is 10.1. The maximum absolute atomic E-state index is 13.6. The van der Waals surface area contributed by atoms with Gasteiger partial charge in [-0.15, -0.1) is 0 Å². The van der Waals surface area contributed by atoms with E-state index in [4.69, 9.17) is 33.2 Å². The third-order valence-electron chi connectivity index (χ3n) is 10.1. The fourth-order valence-electron chi connectivity index (χ4n) is 7.16. The molecule has 1 N–H and O–H groups in total. The van der Waals surface area contributed by atoms with Crippen molar-refractivity contribution in [2.45, 2.75) is 115 Å². The van der Waals surface area contributed by atoms with Crippen LogP contribution in [0.2, 0.25) is 0 Å². The minimum Gasteiger partial charge on any atom is -0.444 e. The predicted molar refractivity (Wildman–Crippen MR) is 220 cm³/mol. The van der Waals surface area contributed by atoms with Crippen molar-refractivity contribution >= 4 is 12.4 Å². The van der Waals surface area contributed by atoms with Crippen LogP contribution < -0.4 is 0 Å². The van der Waals surface area contributed by atoms with E-state index in [0.717, 1.165) is 27.2 Å². The molecule has 312 valence electrons. The second kappa shape index (κ2) is 19.9. The van der Waals surface area contributed by atoms with Crippen molar-refractivity contribution in [2.24, 2.45) is 0 Å². The molecule has 2 fully saturated rings. The molecule has 0 bridgehead atoms. The lowest BCUT2D eigenvalue weighted by Gasteiger charge is -2.45. The highest BCUT2D eigenvalue weighted by atomic mass is 16.6. The smallest absolute Gasteiger partial charge is 0.413 e. The summed E-state index contributed by atoms with van der Waals surface area (Å²) in [7, 11) is 0. The molecule has 11 heteroatoms. The minimum absolute atomic E-state index is 0.110. The molecule has 1 unspecified atom stereocenters. The first-order valence-corrected chi connectivity index (χ1v) is 19.9. The van der Waals surface area contributed by atoms with Gasteiger partial charge in [-0.1, -0.05) is 133 Å². The number of amides is 1. The Morgan fingerprint density at radius 1 is 0.763 bits per heavy atom. The summed E-state index contributed by atoms with van der Waals surface area (Å²) in [6.45, 7) is 9.21. The first-order valence-electron chi connectivity index (χ1n) is 19.9.